The third-order valence-corrected chi connectivity index (χ3v) is 4.36. The number of esters is 1. The molecule has 0 radical (unpaired) electrons. The summed E-state index contributed by atoms with van der Waals surface area (Å²) in [4.78, 5) is 24.5. The van der Waals surface area contributed by atoms with Crippen molar-refractivity contribution < 1.29 is 27.8 Å². The molecule has 1 aliphatic rings. The van der Waals surface area contributed by atoms with Gasteiger partial charge in [-0.15, -0.1) is 0 Å². The van der Waals surface area contributed by atoms with Crippen molar-refractivity contribution in [3.8, 4) is 5.75 Å². The summed E-state index contributed by atoms with van der Waals surface area (Å²) in [5.74, 6) is -1.33. The normalized spacial score (nSPS) is 13.7. The summed E-state index contributed by atoms with van der Waals surface area (Å²) in [5, 5.41) is 7.17. The lowest BCUT2D eigenvalue weighted by molar-refractivity contribution is -0.0503. The van der Waals surface area contributed by atoms with Gasteiger partial charge in [-0.05, 0) is 38.8 Å². The number of aromatic nitrogens is 2. The van der Waals surface area contributed by atoms with E-state index in [4.69, 9.17) is 0 Å². The highest BCUT2D eigenvalue weighted by Crippen LogP contribution is 2.41. The third-order valence-electron chi connectivity index (χ3n) is 4.36. The highest BCUT2D eigenvalue weighted by molar-refractivity contribution is 6.05. The van der Waals surface area contributed by atoms with Crippen molar-refractivity contribution in [3.05, 3.63) is 41.2 Å². The molecule has 1 aromatic heterocycles. The van der Waals surface area contributed by atoms with Gasteiger partial charge < -0.3 is 14.8 Å². The molecule has 0 atom stereocenters. The van der Waals surface area contributed by atoms with E-state index in [2.05, 4.69) is 19.9 Å². The van der Waals surface area contributed by atoms with E-state index in [1.54, 1.807) is 10.9 Å². The molecular weight excluding hydrogens is 372 g/mol. The molecular formula is C19H21F2N3O4. The summed E-state index contributed by atoms with van der Waals surface area (Å²) < 4.78 is 36.1. The number of nitrogens with one attached hydrogen (secondary N) is 1. The Morgan fingerprint density at radius 1 is 1.25 bits per heavy atom. The minimum Gasteiger partial charge on any atom is -0.465 e. The first kappa shape index (κ1) is 19.8. The Morgan fingerprint density at radius 3 is 2.54 bits per heavy atom. The fourth-order valence-corrected chi connectivity index (χ4v) is 2.77. The highest BCUT2D eigenvalue weighted by Gasteiger charge is 2.32. The average molecular weight is 393 g/mol. The molecule has 150 valence electrons. The Hall–Kier alpha value is -2.97. The van der Waals surface area contributed by atoms with E-state index in [-0.39, 0.29) is 29.0 Å². The highest BCUT2D eigenvalue weighted by atomic mass is 19.3. The first-order valence-electron chi connectivity index (χ1n) is 8.87. The molecule has 3 rings (SSSR count). The number of methoxy groups -OCH3 is 1. The van der Waals surface area contributed by atoms with Gasteiger partial charge in [-0.2, -0.15) is 13.9 Å². The molecule has 1 aromatic carbocycles. The van der Waals surface area contributed by atoms with Crippen molar-refractivity contribution in [2.75, 3.05) is 12.4 Å². The van der Waals surface area contributed by atoms with Gasteiger partial charge in [0, 0.05) is 29.9 Å². The number of ether oxygens (including phenoxy) is 2. The SMILES string of the molecule is COC(=O)c1ccc(NC(=O)c2cn(C(C)C)nc2C2CC2)cc1OC(F)F. The van der Waals surface area contributed by atoms with E-state index in [0.717, 1.165) is 25.6 Å². The van der Waals surface area contributed by atoms with Crippen LogP contribution in [0.5, 0.6) is 5.75 Å². The van der Waals surface area contributed by atoms with Gasteiger partial charge in [0.15, 0.2) is 0 Å². The molecule has 9 heteroatoms. The van der Waals surface area contributed by atoms with E-state index < -0.39 is 18.5 Å². The van der Waals surface area contributed by atoms with Crippen molar-refractivity contribution in [1.82, 2.24) is 9.78 Å². The minimum atomic E-state index is -3.12. The van der Waals surface area contributed by atoms with Crippen LogP contribution < -0.4 is 10.1 Å². The van der Waals surface area contributed by atoms with Crippen LogP contribution >= 0.6 is 0 Å². The number of rotatable bonds is 7. The quantitative estimate of drug-likeness (QED) is 0.720. The van der Waals surface area contributed by atoms with E-state index in [0.29, 0.717) is 5.56 Å². The van der Waals surface area contributed by atoms with Crippen LogP contribution in [-0.4, -0.2) is 35.4 Å². The zero-order valence-corrected chi connectivity index (χ0v) is 15.7. The minimum absolute atomic E-state index is 0.101. The van der Waals surface area contributed by atoms with E-state index in [1.807, 2.05) is 13.8 Å². The van der Waals surface area contributed by atoms with Crippen molar-refractivity contribution in [2.45, 2.75) is 45.3 Å². The number of alkyl halides is 2. The third kappa shape index (κ3) is 4.29. The van der Waals surface area contributed by atoms with Crippen LogP contribution in [0.2, 0.25) is 0 Å². The number of amides is 1. The first-order valence-corrected chi connectivity index (χ1v) is 8.87. The summed E-state index contributed by atoms with van der Waals surface area (Å²) in [6.45, 7) is 0.801. The van der Waals surface area contributed by atoms with Gasteiger partial charge in [0.1, 0.15) is 11.3 Å². The maximum atomic E-state index is 12.8. The van der Waals surface area contributed by atoms with Gasteiger partial charge in [0.25, 0.3) is 5.91 Å². The summed E-state index contributed by atoms with van der Waals surface area (Å²) in [6, 6.07) is 3.95. The maximum absolute atomic E-state index is 12.8. The number of carbonyl (C=O) groups excluding carboxylic acids is 2. The monoisotopic (exact) mass is 393 g/mol. The number of anilines is 1. The topological polar surface area (TPSA) is 82.5 Å². The number of nitrogens with zero attached hydrogens (tertiary/aromatic N) is 2. The molecule has 1 N–H and O–H groups in total. The molecule has 2 aromatic rings. The number of hydrogen-bond acceptors (Lipinski definition) is 5. The fourth-order valence-electron chi connectivity index (χ4n) is 2.77. The molecule has 0 unspecified atom stereocenters. The molecule has 1 saturated carbocycles. The molecule has 7 nitrogen and oxygen atoms in total. The zero-order valence-electron chi connectivity index (χ0n) is 15.7. The number of halogens is 2. The molecule has 1 amide bonds. The lowest BCUT2D eigenvalue weighted by Crippen LogP contribution is -2.14. The second-order valence-corrected chi connectivity index (χ2v) is 6.81. The number of hydrogen-bond donors (Lipinski definition) is 1. The van der Waals surface area contributed by atoms with Crippen LogP contribution in [0.25, 0.3) is 0 Å². The van der Waals surface area contributed by atoms with Gasteiger partial charge in [-0.25, -0.2) is 4.79 Å². The Morgan fingerprint density at radius 2 is 1.96 bits per heavy atom. The zero-order chi connectivity index (χ0) is 20.4. The van der Waals surface area contributed by atoms with Crippen LogP contribution in [0.1, 0.15) is 65.1 Å². The number of carbonyl (C=O) groups is 2. The summed E-state index contributed by atoms with van der Waals surface area (Å²) in [6.07, 6.45) is 3.65. The number of benzene rings is 1. The van der Waals surface area contributed by atoms with Crippen LogP contribution in [0.3, 0.4) is 0 Å². The Balaban J connectivity index is 1.87. The standard InChI is InChI=1S/C19H21F2N3O4/c1-10(2)24-9-14(16(23-24)11-4-5-11)17(25)22-12-6-7-13(18(26)27-3)15(8-12)28-19(20)21/h6-11,19H,4-5H2,1-3H3,(H,22,25). The van der Waals surface area contributed by atoms with Crippen LogP contribution in [0.4, 0.5) is 14.5 Å². The fraction of sp³-hybridized carbons (Fsp3) is 0.421. The van der Waals surface area contributed by atoms with Gasteiger partial charge in [0.05, 0.1) is 18.4 Å². The van der Waals surface area contributed by atoms with Gasteiger partial charge in [-0.3, -0.25) is 9.48 Å². The molecule has 0 aliphatic heterocycles. The van der Waals surface area contributed by atoms with Crippen molar-refractivity contribution in [1.29, 1.82) is 0 Å². The lowest BCUT2D eigenvalue weighted by atomic mass is 10.1. The summed E-state index contributed by atoms with van der Waals surface area (Å²) in [7, 11) is 1.13. The lowest BCUT2D eigenvalue weighted by Gasteiger charge is -2.12. The Bertz CT molecular complexity index is 891. The molecule has 0 spiro atoms. The van der Waals surface area contributed by atoms with E-state index >= 15 is 0 Å². The van der Waals surface area contributed by atoms with Crippen molar-refractivity contribution in [2.24, 2.45) is 0 Å². The summed E-state index contributed by atoms with van der Waals surface area (Å²) in [5.41, 5.74) is 1.24. The van der Waals surface area contributed by atoms with Crippen LogP contribution in [-0.2, 0) is 4.74 Å². The molecule has 0 bridgehead atoms. The predicted octanol–water partition coefficient (Wildman–Crippen LogP) is 3.98. The van der Waals surface area contributed by atoms with Crippen molar-refractivity contribution in [3.63, 3.8) is 0 Å². The van der Waals surface area contributed by atoms with E-state index in [1.165, 1.54) is 18.2 Å². The molecule has 28 heavy (non-hydrogen) atoms. The Labute approximate surface area is 160 Å². The smallest absolute Gasteiger partial charge is 0.387 e. The van der Waals surface area contributed by atoms with Gasteiger partial charge >= 0.3 is 12.6 Å². The van der Waals surface area contributed by atoms with Crippen LogP contribution in [0, 0.1) is 0 Å². The maximum Gasteiger partial charge on any atom is 0.387 e. The van der Waals surface area contributed by atoms with E-state index in [9.17, 15) is 18.4 Å². The second-order valence-electron chi connectivity index (χ2n) is 6.81. The average Bonchev–Trinajstić information content (AvgIpc) is 3.38. The van der Waals surface area contributed by atoms with Gasteiger partial charge in [-0.1, -0.05) is 0 Å². The first-order chi connectivity index (χ1) is 13.3. The Kier molecular flexibility index (Phi) is 5.62. The summed E-state index contributed by atoms with van der Waals surface area (Å²) >= 11 is 0. The largest absolute Gasteiger partial charge is 0.465 e. The molecule has 1 heterocycles. The molecule has 0 saturated heterocycles. The van der Waals surface area contributed by atoms with Crippen molar-refractivity contribution >= 4 is 17.6 Å². The van der Waals surface area contributed by atoms with Crippen LogP contribution in [0.15, 0.2) is 24.4 Å². The second kappa shape index (κ2) is 7.95. The molecule has 1 aliphatic carbocycles. The van der Waals surface area contributed by atoms with Gasteiger partial charge in [0.2, 0.25) is 0 Å². The molecule has 1 fully saturated rings. The predicted molar refractivity (Wildman–Crippen MR) is 97.0 cm³/mol.